The van der Waals surface area contributed by atoms with E-state index in [-0.39, 0.29) is 4.90 Å². The van der Waals surface area contributed by atoms with Crippen LogP contribution >= 0.6 is 0 Å². The van der Waals surface area contributed by atoms with Crippen LogP contribution in [0.5, 0.6) is 0 Å². The Kier molecular flexibility index (Phi) is 6.00. The average Bonchev–Trinajstić information content (AvgIpc) is 2.43. The van der Waals surface area contributed by atoms with E-state index in [4.69, 9.17) is 0 Å². The lowest BCUT2D eigenvalue weighted by Gasteiger charge is -2.21. The zero-order valence-electron chi connectivity index (χ0n) is 12.5. The summed E-state index contributed by atoms with van der Waals surface area (Å²) in [5, 5.41) is 0. The monoisotopic (exact) mass is 388 g/mol. The number of sulfonamides is 2. The maximum atomic E-state index is 12.3. The second-order valence-corrected chi connectivity index (χ2v) is 8.46. The molecule has 1 aromatic carbocycles. The van der Waals surface area contributed by atoms with Crippen molar-refractivity contribution in [3.05, 3.63) is 30.3 Å². The Balaban J connectivity index is 3.07. The molecule has 7 nitrogen and oxygen atoms in total. The molecule has 0 fully saturated rings. The Hall–Kier alpha value is -1.66. The maximum absolute atomic E-state index is 12.3. The van der Waals surface area contributed by atoms with Crippen LogP contribution in [0, 0.1) is 5.92 Å². The van der Waals surface area contributed by atoms with E-state index in [9.17, 15) is 34.8 Å². The quantitative estimate of drug-likeness (QED) is 0.754. The molecular weight excluding hydrogens is 373 g/mol. The van der Waals surface area contributed by atoms with Crippen molar-refractivity contribution in [3.63, 3.8) is 0 Å². The van der Waals surface area contributed by atoms with Gasteiger partial charge in [0.25, 0.3) is 5.91 Å². The number of benzene rings is 1. The fourth-order valence-corrected chi connectivity index (χ4v) is 3.45. The Labute approximate surface area is 137 Å². The molecule has 0 bridgehead atoms. The summed E-state index contributed by atoms with van der Waals surface area (Å²) >= 11 is 0. The number of rotatable bonds is 6. The van der Waals surface area contributed by atoms with Gasteiger partial charge in [-0.1, -0.05) is 32.0 Å². The highest BCUT2D eigenvalue weighted by Crippen LogP contribution is 2.22. The summed E-state index contributed by atoms with van der Waals surface area (Å²) < 4.78 is 86.0. The topological polar surface area (TPSA) is 109 Å². The van der Waals surface area contributed by atoms with Crippen LogP contribution in [0.15, 0.2) is 35.2 Å². The minimum Gasteiger partial charge on any atom is -0.272 e. The molecule has 0 aliphatic carbocycles. The van der Waals surface area contributed by atoms with Crippen molar-refractivity contribution in [1.29, 1.82) is 0 Å². The summed E-state index contributed by atoms with van der Waals surface area (Å²) in [6, 6.07) is 5.07. The molecule has 24 heavy (non-hydrogen) atoms. The summed E-state index contributed by atoms with van der Waals surface area (Å²) in [6.07, 6.45) is 0. The van der Waals surface area contributed by atoms with Gasteiger partial charge in [-0.25, -0.2) is 13.1 Å². The third kappa shape index (κ3) is 4.92. The van der Waals surface area contributed by atoms with Crippen LogP contribution < -0.4 is 9.44 Å². The molecule has 1 rings (SSSR count). The molecule has 0 aliphatic rings. The number of carbonyl (C=O) groups excluding carboxylic acids is 1. The summed E-state index contributed by atoms with van der Waals surface area (Å²) in [5.41, 5.74) is -5.69. The van der Waals surface area contributed by atoms with Gasteiger partial charge in [-0.3, -0.25) is 4.79 Å². The Morgan fingerprint density at radius 2 is 1.54 bits per heavy atom. The SMILES string of the molecule is CC(C)[C@@H](NS(=O)(=O)c1ccccc1)C(=O)NS(=O)(=O)C(F)(F)F. The smallest absolute Gasteiger partial charge is 0.272 e. The van der Waals surface area contributed by atoms with Gasteiger partial charge in [0.15, 0.2) is 0 Å². The van der Waals surface area contributed by atoms with Gasteiger partial charge in [-0.2, -0.15) is 26.3 Å². The van der Waals surface area contributed by atoms with Crippen molar-refractivity contribution < 1.29 is 34.8 Å². The van der Waals surface area contributed by atoms with Gasteiger partial charge in [0.05, 0.1) is 4.90 Å². The largest absolute Gasteiger partial charge is 0.516 e. The molecule has 0 aromatic heterocycles. The number of hydrogen-bond donors (Lipinski definition) is 2. The summed E-state index contributed by atoms with van der Waals surface area (Å²) in [7, 11) is -10.2. The lowest BCUT2D eigenvalue weighted by atomic mass is 10.1. The van der Waals surface area contributed by atoms with Crippen LogP contribution in [-0.4, -0.2) is 34.3 Å². The van der Waals surface area contributed by atoms with E-state index in [1.54, 1.807) is 6.07 Å². The van der Waals surface area contributed by atoms with E-state index in [1.165, 1.54) is 38.1 Å². The standard InChI is InChI=1S/C12H15F3N2O5S2/c1-8(2)10(11(18)17-24(21,22)12(13,14)15)16-23(19,20)9-6-4-3-5-7-9/h3-8,10,16H,1-2H3,(H,17,18)/t10-/m1/s1. The molecule has 1 aromatic rings. The molecule has 0 saturated carbocycles. The molecule has 0 heterocycles. The molecule has 136 valence electrons. The molecule has 1 atom stereocenters. The van der Waals surface area contributed by atoms with Crippen molar-refractivity contribution in [2.24, 2.45) is 5.92 Å². The lowest BCUT2D eigenvalue weighted by Crippen LogP contribution is -2.53. The first-order chi connectivity index (χ1) is 10.8. The average molecular weight is 388 g/mol. The van der Waals surface area contributed by atoms with Crippen LogP contribution in [-0.2, 0) is 24.8 Å². The van der Waals surface area contributed by atoms with E-state index in [0.717, 1.165) is 4.72 Å². The molecule has 0 radical (unpaired) electrons. The number of carbonyl (C=O) groups is 1. The first-order valence-corrected chi connectivity index (χ1v) is 9.45. The van der Waals surface area contributed by atoms with Crippen molar-refractivity contribution >= 4 is 26.0 Å². The lowest BCUT2D eigenvalue weighted by molar-refractivity contribution is -0.122. The second kappa shape index (κ2) is 7.07. The van der Waals surface area contributed by atoms with Crippen molar-refractivity contribution in [3.8, 4) is 0 Å². The highest BCUT2D eigenvalue weighted by molar-refractivity contribution is 7.91. The number of halogens is 3. The first-order valence-electron chi connectivity index (χ1n) is 6.48. The molecule has 2 N–H and O–H groups in total. The van der Waals surface area contributed by atoms with E-state index in [2.05, 4.69) is 0 Å². The minimum atomic E-state index is -5.93. The Morgan fingerprint density at radius 3 is 1.96 bits per heavy atom. The number of hydrogen-bond acceptors (Lipinski definition) is 5. The van der Waals surface area contributed by atoms with E-state index in [0.29, 0.717) is 0 Å². The number of alkyl halides is 3. The molecule has 0 unspecified atom stereocenters. The van der Waals surface area contributed by atoms with Crippen LogP contribution in [0.25, 0.3) is 0 Å². The van der Waals surface area contributed by atoms with E-state index < -0.39 is 43.4 Å². The summed E-state index contributed by atoms with van der Waals surface area (Å²) in [6.45, 7) is 2.69. The maximum Gasteiger partial charge on any atom is 0.516 e. The zero-order chi connectivity index (χ0) is 18.8. The van der Waals surface area contributed by atoms with Gasteiger partial charge < -0.3 is 0 Å². The van der Waals surface area contributed by atoms with Crippen LogP contribution in [0.3, 0.4) is 0 Å². The predicted octanol–water partition coefficient (Wildman–Crippen LogP) is 0.955. The molecule has 0 saturated heterocycles. The van der Waals surface area contributed by atoms with Gasteiger partial charge in [0.2, 0.25) is 10.0 Å². The molecule has 0 aliphatic heterocycles. The summed E-state index contributed by atoms with van der Waals surface area (Å²) in [5.74, 6) is -2.44. The van der Waals surface area contributed by atoms with Crippen LogP contribution in [0.4, 0.5) is 13.2 Å². The zero-order valence-corrected chi connectivity index (χ0v) is 14.2. The van der Waals surface area contributed by atoms with Crippen LogP contribution in [0.1, 0.15) is 13.8 Å². The van der Waals surface area contributed by atoms with Gasteiger partial charge in [0, 0.05) is 0 Å². The predicted molar refractivity (Wildman–Crippen MR) is 78.5 cm³/mol. The van der Waals surface area contributed by atoms with Gasteiger partial charge in [0.1, 0.15) is 6.04 Å². The van der Waals surface area contributed by atoms with E-state index >= 15 is 0 Å². The second-order valence-electron chi connectivity index (χ2n) is 5.07. The van der Waals surface area contributed by atoms with Gasteiger partial charge >= 0.3 is 15.5 Å². The minimum absolute atomic E-state index is 0.220. The third-order valence-corrected chi connectivity index (χ3v) is 5.36. The van der Waals surface area contributed by atoms with Gasteiger partial charge in [-0.15, -0.1) is 0 Å². The summed E-state index contributed by atoms with van der Waals surface area (Å²) in [4.78, 5) is 11.6. The molecule has 0 spiro atoms. The van der Waals surface area contributed by atoms with Gasteiger partial charge in [-0.05, 0) is 18.1 Å². The highest BCUT2D eigenvalue weighted by Gasteiger charge is 2.48. The highest BCUT2D eigenvalue weighted by atomic mass is 32.2. The molecule has 12 heteroatoms. The number of nitrogens with one attached hydrogen (secondary N) is 2. The Bertz CT molecular complexity index is 790. The fraction of sp³-hybridized carbons (Fsp3) is 0.417. The van der Waals surface area contributed by atoms with Crippen molar-refractivity contribution in [1.82, 2.24) is 9.44 Å². The fourth-order valence-electron chi connectivity index (χ4n) is 1.58. The number of amides is 1. The van der Waals surface area contributed by atoms with E-state index in [1.807, 2.05) is 4.72 Å². The normalized spacial score (nSPS) is 14.4. The van der Waals surface area contributed by atoms with Crippen molar-refractivity contribution in [2.45, 2.75) is 30.3 Å². The van der Waals surface area contributed by atoms with Crippen molar-refractivity contribution in [2.75, 3.05) is 0 Å². The molecule has 1 amide bonds. The third-order valence-electron chi connectivity index (χ3n) is 2.82. The Morgan fingerprint density at radius 1 is 1.04 bits per heavy atom. The first kappa shape index (κ1) is 20.4. The van der Waals surface area contributed by atoms with Crippen LogP contribution in [0.2, 0.25) is 0 Å². The molecular formula is C12H15F3N2O5S2.